The Bertz CT molecular complexity index is 651. The van der Waals surface area contributed by atoms with Gasteiger partial charge in [-0.3, -0.25) is 4.79 Å². The maximum absolute atomic E-state index is 11.9. The molecule has 0 radical (unpaired) electrons. The Morgan fingerprint density at radius 3 is 2.74 bits per heavy atom. The fourth-order valence-electron chi connectivity index (χ4n) is 1.51. The maximum atomic E-state index is 11.9. The standard InChI is InChI=1S/C12H9ClN2O4/c1-6-5-14-19-10(6)11(16)15-9-7(12(17)18)3-2-4-8(9)13/h2-5H,1H3,(H,15,16)(H,17,18). The van der Waals surface area contributed by atoms with Gasteiger partial charge < -0.3 is 14.9 Å². The van der Waals surface area contributed by atoms with Crippen LogP contribution in [0.25, 0.3) is 0 Å². The van der Waals surface area contributed by atoms with Crippen molar-refractivity contribution >= 4 is 29.2 Å². The SMILES string of the molecule is Cc1cnoc1C(=O)Nc1c(Cl)cccc1C(=O)O. The van der Waals surface area contributed by atoms with E-state index in [9.17, 15) is 9.59 Å². The first-order valence-corrected chi connectivity index (χ1v) is 5.63. The quantitative estimate of drug-likeness (QED) is 0.901. The number of nitrogens with one attached hydrogen (secondary N) is 1. The van der Waals surface area contributed by atoms with Gasteiger partial charge in [-0.1, -0.05) is 22.8 Å². The third-order valence-corrected chi connectivity index (χ3v) is 2.75. The van der Waals surface area contributed by atoms with E-state index in [2.05, 4.69) is 10.5 Å². The Labute approximate surface area is 113 Å². The van der Waals surface area contributed by atoms with Crippen molar-refractivity contribution in [1.29, 1.82) is 0 Å². The molecule has 7 heteroatoms. The van der Waals surface area contributed by atoms with Crippen molar-refractivity contribution in [2.24, 2.45) is 0 Å². The van der Waals surface area contributed by atoms with Crippen LogP contribution in [0.1, 0.15) is 26.5 Å². The van der Waals surface area contributed by atoms with Gasteiger partial charge >= 0.3 is 5.97 Å². The molecule has 2 rings (SSSR count). The fourth-order valence-corrected chi connectivity index (χ4v) is 1.73. The van der Waals surface area contributed by atoms with Crippen LogP contribution in [0.4, 0.5) is 5.69 Å². The topological polar surface area (TPSA) is 92.4 Å². The maximum Gasteiger partial charge on any atom is 0.337 e. The summed E-state index contributed by atoms with van der Waals surface area (Å²) < 4.78 is 4.79. The molecule has 6 nitrogen and oxygen atoms in total. The third kappa shape index (κ3) is 2.58. The van der Waals surface area contributed by atoms with Crippen LogP contribution in [-0.4, -0.2) is 22.1 Å². The number of aromatic carboxylic acids is 1. The highest BCUT2D eigenvalue weighted by Gasteiger charge is 2.19. The average Bonchev–Trinajstić information content (AvgIpc) is 2.77. The lowest BCUT2D eigenvalue weighted by Gasteiger charge is -2.09. The minimum atomic E-state index is -1.19. The number of nitrogens with zero attached hydrogens (tertiary/aromatic N) is 1. The lowest BCUT2D eigenvalue weighted by molar-refractivity contribution is 0.0698. The summed E-state index contributed by atoms with van der Waals surface area (Å²) in [5.41, 5.74) is 0.469. The van der Waals surface area contributed by atoms with Gasteiger partial charge in [0.2, 0.25) is 5.76 Å². The molecular weight excluding hydrogens is 272 g/mol. The van der Waals surface area contributed by atoms with Gasteiger partial charge in [0, 0.05) is 5.56 Å². The number of para-hydroxylation sites is 1. The Hall–Kier alpha value is -2.34. The average molecular weight is 281 g/mol. The number of anilines is 1. The van der Waals surface area contributed by atoms with Gasteiger partial charge in [0.1, 0.15) is 0 Å². The van der Waals surface area contributed by atoms with E-state index < -0.39 is 11.9 Å². The highest BCUT2D eigenvalue weighted by molar-refractivity contribution is 6.34. The van der Waals surface area contributed by atoms with Crippen molar-refractivity contribution in [2.75, 3.05) is 5.32 Å². The van der Waals surface area contributed by atoms with E-state index in [-0.39, 0.29) is 22.0 Å². The van der Waals surface area contributed by atoms with Crippen molar-refractivity contribution in [1.82, 2.24) is 5.16 Å². The highest BCUT2D eigenvalue weighted by atomic mass is 35.5. The molecule has 19 heavy (non-hydrogen) atoms. The number of halogens is 1. The van der Waals surface area contributed by atoms with Crippen LogP contribution >= 0.6 is 11.6 Å². The highest BCUT2D eigenvalue weighted by Crippen LogP contribution is 2.26. The number of benzene rings is 1. The normalized spacial score (nSPS) is 10.2. The molecule has 1 heterocycles. The zero-order valence-corrected chi connectivity index (χ0v) is 10.6. The number of amides is 1. The first-order chi connectivity index (χ1) is 9.00. The zero-order chi connectivity index (χ0) is 14.0. The van der Waals surface area contributed by atoms with Crippen LogP contribution in [0.2, 0.25) is 5.02 Å². The second-order valence-electron chi connectivity index (χ2n) is 3.76. The zero-order valence-electron chi connectivity index (χ0n) is 9.81. The van der Waals surface area contributed by atoms with Gasteiger partial charge in [0.25, 0.3) is 5.91 Å². The summed E-state index contributed by atoms with van der Waals surface area (Å²) in [6, 6.07) is 4.31. The van der Waals surface area contributed by atoms with Crippen LogP contribution in [-0.2, 0) is 0 Å². The molecule has 0 fully saturated rings. The molecule has 0 aliphatic rings. The monoisotopic (exact) mass is 280 g/mol. The molecule has 0 unspecified atom stereocenters. The lowest BCUT2D eigenvalue weighted by atomic mass is 10.1. The number of carbonyl (C=O) groups excluding carboxylic acids is 1. The van der Waals surface area contributed by atoms with E-state index in [0.717, 1.165) is 0 Å². The minimum absolute atomic E-state index is 0.0104. The first-order valence-electron chi connectivity index (χ1n) is 5.25. The Morgan fingerprint density at radius 2 is 2.16 bits per heavy atom. The molecule has 0 saturated carbocycles. The van der Waals surface area contributed by atoms with E-state index >= 15 is 0 Å². The number of carboxylic acids is 1. The predicted octanol–water partition coefficient (Wildman–Crippen LogP) is 2.59. The lowest BCUT2D eigenvalue weighted by Crippen LogP contribution is -2.15. The number of rotatable bonds is 3. The van der Waals surface area contributed by atoms with Crippen molar-refractivity contribution in [3.8, 4) is 0 Å². The fraction of sp³-hybridized carbons (Fsp3) is 0.0833. The molecule has 0 aliphatic heterocycles. The van der Waals surface area contributed by atoms with Gasteiger partial charge in [-0.25, -0.2) is 4.79 Å². The van der Waals surface area contributed by atoms with Crippen LogP contribution in [0, 0.1) is 6.92 Å². The van der Waals surface area contributed by atoms with Gasteiger partial charge in [-0.2, -0.15) is 0 Å². The first kappa shape index (κ1) is 13.1. The molecule has 0 atom stereocenters. The molecule has 98 valence electrons. The Kier molecular flexibility index (Phi) is 3.52. The molecule has 2 aromatic rings. The molecule has 1 amide bonds. The number of hydrogen-bond acceptors (Lipinski definition) is 4. The van der Waals surface area contributed by atoms with Crippen molar-refractivity contribution in [3.63, 3.8) is 0 Å². The van der Waals surface area contributed by atoms with Crippen LogP contribution in [0.15, 0.2) is 28.9 Å². The van der Waals surface area contributed by atoms with Crippen molar-refractivity contribution in [3.05, 3.63) is 46.3 Å². The van der Waals surface area contributed by atoms with Gasteiger partial charge in [0.05, 0.1) is 22.5 Å². The van der Waals surface area contributed by atoms with E-state index in [0.29, 0.717) is 5.56 Å². The number of carboxylic acid groups (broad SMARTS) is 1. The van der Waals surface area contributed by atoms with Gasteiger partial charge in [0.15, 0.2) is 0 Å². The summed E-state index contributed by atoms with van der Waals surface area (Å²) >= 11 is 5.89. The molecule has 0 spiro atoms. The second-order valence-corrected chi connectivity index (χ2v) is 4.17. The van der Waals surface area contributed by atoms with Crippen molar-refractivity contribution < 1.29 is 19.2 Å². The molecule has 1 aromatic heterocycles. The molecule has 0 bridgehead atoms. The summed E-state index contributed by atoms with van der Waals surface area (Å²) in [5, 5.41) is 15.1. The van der Waals surface area contributed by atoms with E-state index in [1.54, 1.807) is 6.92 Å². The van der Waals surface area contributed by atoms with Gasteiger partial charge in [-0.15, -0.1) is 0 Å². The minimum Gasteiger partial charge on any atom is -0.478 e. The van der Waals surface area contributed by atoms with Crippen LogP contribution in [0.5, 0.6) is 0 Å². The predicted molar refractivity (Wildman–Crippen MR) is 67.6 cm³/mol. The second kappa shape index (κ2) is 5.11. The summed E-state index contributed by atoms with van der Waals surface area (Å²) in [4.78, 5) is 23.0. The molecule has 2 N–H and O–H groups in total. The molecule has 0 aliphatic carbocycles. The summed E-state index contributed by atoms with van der Waals surface area (Å²) in [5.74, 6) is -1.78. The largest absolute Gasteiger partial charge is 0.478 e. The smallest absolute Gasteiger partial charge is 0.337 e. The van der Waals surface area contributed by atoms with Crippen molar-refractivity contribution in [2.45, 2.75) is 6.92 Å². The summed E-state index contributed by atoms with van der Waals surface area (Å²) in [6.45, 7) is 1.65. The summed E-state index contributed by atoms with van der Waals surface area (Å²) in [7, 11) is 0. The number of aryl methyl sites for hydroxylation is 1. The van der Waals surface area contributed by atoms with Crippen LogP contribution in [0.3, 0.4) is 0 Å². The van der Waals surface area contributed by atoms with Crippen LogP contribution < -0.4 is 5.32 Å². The molecular formula is C12H9ClN2O4. The van der Waals surface area contributed by atoms with E-state index in [1.165, 1.54) is 24.4 Å². The Morgan fingerprint density at radius 1 is 1.42 bits per heavy atom. The number of hydrogen-bond donors (Lipinski definition) is 2. The van der Waals surface area contributed by atoms with E-state index in [1.807, 2.05) is 0 Å². The third-order valence-electron chi connectivity index (χ3n) is 2.44. The number of carbonyl (C=O) groups is 2. The van der Waals surface area contributed by atoms with E-state index in [4.69, 9.17) is 21.2 Å². The number of aromatic nitrogens is 1. The molecule has 1 aromatic carbocycles. The van der Waals surface area contributed by atoms with Gasteiger partial charge in [-0.05, 0) is 19.1 Å². The summed E-state index contributed by atoms with van der Waals surface area (Å²) in [6.07, 6.45) is 1.39. The molecule has 0 saturated heterocycles. The Balaban J connectivity index is 2.36.